The number of amides is 1. The van der Waals surface area contributed by atoms with Crippen LogP contribution in [-0.4, -0.2) is 27.0 Å². The van der Waals surface area contributed by atoms with E-state index in [0.717, 1.165) is 53.5 Å². The van der Waals surface area contributed by atoms with Crippen LogP contribution in [0.1, 0.15) is 42.4 Å². The number of fused-ring (bicyclic) bond motifs is 1. The summed E-state index contributed by atoms with van der Waals surface area (Å²) in [4.78, 5) is 23.0. The molecule has 0 bridgehead atoms. The van der Waals surface area contributed by atoms with Crippen molar-refractivity contribution in [2.75, 3.05) is 16.8 Å². The summed E-state index contributed by atoms with van der Waals surface area (Å²) in [5.41, 5.74) is 5.65. The van der Waals surface area contributed by atoms with Crippen molar-refractivity contribution in [3.05, 3.63) is 96.3 Å². The molecule has 1 fully saturated rings. The Morgan fingerprint density at radius 2 is 1.91 bits per heavy atom. The number of carbonyl (C=O) groups is 1. The Kier molecular flexibility index (Phi) is 4.83. The van der Waals surface area contributed by atoms with E-state index in [2.05, 4.69) is 62.2 Å². The lowest BCUT2D eigenvalue weighted by Crippen LogP contribution is -2.35. The zero-order chi connectivity index (χ0) is 22.2. The highest BCUT2D eigenvalue weighted by Gasteiger charge is 2.30. The molecule has 6 nitrogen and oxygen atoms in total. The van der Waals surface area contributed by atoms with Crippen LogP contribution in [0.2, 0.25) is 0 Å². The second kappa shape index (κ2) is 8.13. The minimum atomic E-state index is -0.0634. The Labute approximate surface area is 192 Å². The molecule has 6 rings (SSSR count). The summed E-state index contributed by atoms with van der Waals surface area (Å²) in [6, 6.07) is 20.7. The van der Waals surface area contributed by atoms with Gasteiger partial charge in [-0.1, -0.05) is 24.3 Å². The average molecular weight is 436 g/mol. The van der Waals surface area contributed by atoms with Crippen LogP contribution in [0.25, 0.3) is 17.3 Å². The molecule has 2 N–H and O–H groups in total. The number of nitrogens with zero attached hydrogens (tertiary/aromatic N) is 3. The average Bonchev–Trinajstić information content (AvgIpc) is 3.61. The second-order valence-electron chi connectivity index (χ2n) is 8.56. The molecule has 4 heterocycles. The maximum Gasteiger partial charge on any atom is 0.256 e. The van der Waals surface area contributed by atoms with Gasteiger partial charge in [-0.15, -0.1) is 0 Å². The topological polar surface area (TPSA) is 66.0 Å². The lowest BCUT2D eigenvalue weighted by Gasteiger charge is -2.37. The highest BCUT2D eigenvalue weighted by Crippen LogP contribution is 2.40. The van der Waals surface area contributed by atoms with Gasteiger partial charge in [0.25, 0.3) is 5.91 Å². The van der Waals surface area contributed by atoms with E-state index in [9.17, 15) is 4.79 Å². The van der Waals surface area contributed by atoms with Crippen molar-refractivity contribution in [2.24, 2.45) is 0 Å². The number of imidazole rings is 1. The van der Waals surface area contributed by atoms with Crippen molar-refractivity contribution < 1.29 is 4.79 Å². The van der Waals surface area contributed by atoms with E-state index in [1.807, 2.05) is 42.9 Å². The molecule has 1 unspecified atom stereocenters. The van der Waals surface area contributed by atoms with Crippen LogP contribution < -0.4 is 10.2 Å². The maximum absolute atomic E-state index is 12.7. The molecule has 4 aromatic rings. The largest absolute Gasteiger partial charge is 0.362 e. The molecular weight excluding hydrogens is 410 g/mol. The molecule has 2 aliphatic heterocycles. The van der Waals surface area contributed by atoms with Gasteiger partial charge >= 0.3 is 0 Å². The van der Waals surface area contributed by atoms with E-state index in [0.29, 0.717) is 5.57 Å². The van der Waals surface area contributed by atoms with E-state index < -0.39 is 0 Å². The zero-order valence-electron chi connectivity index (χ0n) is 18.2. The van der Waals surface area contributed by atoms with Crippen LogP contribution >= 0.6 is 0 Å². The first-order chi connectivity index (χ1) is 16.3. The molecule has 1 saturated heterocycles. The molecule has 2 aromatic heterocycles. The molecule has 0 aliphatic carbocycles. The van der Waals surface area contributed by atoms with Gasteiger partial charge in [0.1, 0.15) is 5.82 Å². The number of piperidine rings is 1. The Balaban J connectivity index is 1.35. The predicted molar refractivity (Wildman–Crippen MR) is 131 cm³/mol. The number of H-pyrrole nitrogens is 1. The van der Waals surface area contributed by atoms with E-state index in [-0.39, 0.29) is 11.9 Å². The number of aromatic amines is 1. The van der Waals surface area contributed by atoms with Gasteiger partial charge in [0.15, 0.2) is 0 Å². The summed E-state index contributed by atoms with van der Waals surface area (Å²) in [6.07, 6.45) is 11.1. The van der Waals surface area contributed by atoms with E-state index in [1.54, 1.807) is 0 Å². The van der Waals surface area contributed by atoms with Gasteiger partial charge in [-0.25, -0.2) is 4.98 Å². The standard InChI is InChI=1S/C27H25N5O/c33-27-23(17-19-7-6-13-28-19)22-12-11-21(18-24(22)30-27)31-15-5-4-10-25(31)26-29-14-16-32(26)20-8-2-1-3-9-20/h1-3,6-9,11-14,16-18,25,28H,4-5,10,15H2,(H,30,33)/b23-17-. The van der Waals surface area contributed by atoms with Crippen LogP contribution in [0.3, 0.4) is 0 Å². The van der Waals surface area contributed by atoms with Gasteiger partial charge in [0.05, 0.1) is 17.3 Å². The quantitative estimate of drug-likeness (QED) is 0.421. The van der Waals surface area contributed by atoms with Crippen molar-refractivity contribution in [3.63, 3.8) is 0 Å². The molecule has 0 saturated carbocycles. The Morgan fingerprint density at radius 1 is 1.00 bits per heavy atom. The van der Waals surface area contributed by atoms with E-state index in [1.165, 1.54) is 6.42 Å². The fraction of sp³-hybridized carbons (Fsp3) is 0.185. The first kappa shape index (κ1) is 19.6. The fourth-order valence-electron chi connectivity index (χ4n) is 4.97. The summed E-state index contributed by atoms with van der Waals surface area (Å²) in [5, 5.41) is 3.06. The second-order valence-corrected chi connectivity index (χ2v) is 8.56. The van der Waals surface area contributed by atoms with E-state index >= 15 is 0 Å². The summed E-state index contributed by atoms with van der Waals surface area (Å²) in [6.45, 7) is 0.963. The van der Waals surface area contributed by atoms with Crippen LogP contribution in [-0.2, 0) is 4.79 Å². The van der Waals surface area contributed by atoms with Gasteiger partial charge in [0, 0.05) is 47.8 Å². The number of hydrogen-bond donors (Lipinski definition) is 2. The molecule has 6 heteroatoms. The van der Waals surface area contributed by atoms with E-state index in [4.69, 9.17) is 4.98 Å². The SMILES string of the molecule is O=C1Nc2cc(N3CCCCC3c3nccn3-c3ccccc3)ccc2/C1=C/c1ccc[nH]1. The first-order valence-electron chi connectivity index (χ1n) is 11.4. The molecule has 2 aliphatic rings. The number of benzene rings is 2. The first-order valence-corrected chi connectivity index (χ1v) is 11.4. The fourth-order valence-corrected chi connectivity index (χ4v) is 4.97. The summed E-state index contributed by atoms with van der Waals surface area (Å²) in [7, 11) is 0. The minimum absolute atomic E-state index is 0.0634. The van der Waals surface area contributed by atoms with Gasteiger partial charge in [-0.05, 0) is 61.7 Å². The Hall–Kier alpha value is -4.06. The van der Waals surface area contributed by atoms with Gasteiger partial charge in [-0.3, -0.25) is 4.79 Å². The highest BCUT2D eigenvalue weighted by molar-refractivity contribution is 6.35. The van der Waals surface area contributed by atoms with Gasteiger partial charge in [-0.2, -0.15) is 0 Å². The number of carbonyl (C=O) groups excluding carboxylic acids is 1. The minimum Gasteiger partial charge on any atom is -0.362 e. The number of anilines is 2. The van der Waals surface area contributed by atoms with Crippen molar-refractivity contribution in [3.8, 4) is 5.69 Å². The number of hydrogen-bond acceptors (Lipinski definition) is 3. The van der Waals surface area contributed by atoms with Crippen LogP contribution in [0.4, 0.5) is 11.4 Å². The van der Waals surface area contributed by atoms with Crippen molar-refractivity contribution in [1.82, 2.24) is 14.5 Å². The van der Waals surface area contributed by atoms with Gasteiger partial charge < -0.3 is 19.8 Å². The smallest absolute Gasteiger partial charge is 0.256 e. The number of nitrogens with one attached hydrogen (secondary N) is 2. The van der Waals surface area contributed by atoms with Crippen LogP contribution in [0.15, 0.2) is 79.3 Å². The van der Waals surface area contributed by atoms with Crippen LogP contribution in [0.5, 0.6) is 0 Å². The summed E-state index contributed by atoms with van der Waals surface area (Å²) in [5.74, 6) is 0.990. The lowest BCUT2D eigenvalue weighted by atomic mass is 9.99. The van der Waals surface area contributed by atoms with Crippen LogP contribution in [0, 0.1) is 0 Å². The molecule has 0 spiro atoms. The third-order valence-electron chi connectivity index (χ3n) is 6.54. The maximum atomic E-state index is 12.7. The monoisotopic (exact) mass is 435 g/mol. The van der Waals surface area contributed by atoms with Crippen molar-refractivity contribution >= 4 is 28.9 Å². The molecule has 0 radical (unpaired) electrons. The molecule has 2 aromatic carbocycles. The third-order valence-corrected chi connectivity index (χ3v) is 6.54. The molecule has 164 valence electrons. The van der Waals surface area contributed by atoms with Gasteiger partial charge in [0.2, 0.25) is 0 Å². The third kappa shape index (κ3) is 3.53. The Morgan fingerprint density at radius 3 is 2.76 bits per heavy atom. The summed E-state index contributed by atoms with van der Waals surface area (Å²) < 4.78 is 2.19. The highest BCUT2D eigenvalue weighted by atomic mass is 16.2. The van der Waals surface area contributed by atoms with Crippen molar-refractivity contribution in [1.29, 1.82) is 0 Å². The molecular formula is C27H25N5O. The number of rotatable bonds is 4. The summed E-state index contributed by atoms with van der Waals surface area (Å²) >= 11 is 0. The molecule has 1 atom stereocenters. The molecule has 33 heavy (non-hydrogen) atoms. The predicted octanol–water partition coefficient (Wildman–Crippen LogP) is 5.42. The molecule has 1 amide bonds. The number of para-hydroxylation sites is 1. The lowest BCUT2D eigenvalue weighted by molar-refractivity contribution is -0.110. The van der Waals surface area contributed by atoms with Crippen molar-refractivity contribution in [2.45, 2.75) is 25.3 Å². The Bertz CT molecular complexity index is 1320. The normalized spacial score (nSPS) is 19.0. The number of aromatic nitrogens is 3. The zero-order valence-corrected chi connectivity index (χ0v) is 18.2.